The first kappa shape index (κ1) is 14.2. The van der Waals surface area contributed by atoms with Crippen molar-refractivity contribution in [1.82, 2.24) is 0 Å². The largest absolute Gasteiger partial charge is 0.458 e. The number of Topliss-reactive ketones (excluding diaryl/α,β-unsaturated/α-hetero) is 1. The molecule has 0 aliphatic heterocycles. The number of esters is 1. The van der Waals surface area contributed by atoms with Gasteiger partial charge in [-0.05, 0) is 18.4 Å². The highest BCUT2D eigenvalue weighted by Gasteiger charge is 2.07. The summed E-state index contributed by atoms with van der Waals surface area (Å²) in [6, 6.07) is 9.51. The predicted octanol–water partition coefficient (Wildman–Crippen LogP) is 3.05. The number of carbonyl (C=O) groups is 2. The fourth-order valence-corrected chi connectivity index (χ4v) is 1.56. The molecule has 0 spiro atoms. The summed E-state index contributed by atoms with van der Waals surface area (Å²) < 4.78 is 4.82. The first-order valence-electron chi connectivity index (χ1n) is 6.07. The van der Waals surface area contributed by atoms with Crippen molar-refractivity contribution in [3.63, 3.8) is 0 Å². The van der Waals surface area contributed by atoms with E-state index in [1.165, 1.54) is 0 Å². The van der Waals surface area contributed by atoms with Crippen LogP contribution in [0.5, 0.6) is 0 Å². The van der Waals surface area contributed by atoms with Crippen LogP contribution in [0.2, 0.25) is 0 Å². The Morgan fingerprint density at radius 1 is 1.22 bits per heavy atom. The van der Waals surface area contributed by atoms with Crippen molar-refractivity contribution in [2.24, 2.45) is 0 Å². The highest BCUT2D eigenvalue weighted by atomic mass is 16.5. The molecule has 0 aromatic heterocycles. The lowest BCUT2D eigenvalue weighted by atomic mass is 10.2. The van der Waals surface area contributed by atoms with E-state index in [0.717, 1.165) is 37.3 Å². The normalized spacial score (nSPS) is 13.4. The van der Waals surface area contributed by atoms with E-state index in [1.807, 2.05) is 30.3 Å². The van der Waals surface area contributed by atoms with Gasteiger partial charge in [0.05, 0.1) is 0 Å². The van der Waals surface area contributed by atoms with E-state index in [9.17, 15) is 9.59 Å². The zero-order valence-corrected chi connectivity index (χ0v) is 10.4. The molecule has 96 valence electrons. The van der Waals surface area contributed by atoms with Crippen LogP contribution in [0.3, 0.4) is 0 Å². The summed E-state index contributed by atoms with van der Waals surface area (Å²) in [7, 11) is 0. The van der Waals surface area contributed by atoms with Crippen molar-refractivity contribution in [2.75, 3.05) is 0 Å². The highest BCUT2D eigenvalue weighted by molar-refractivity contribution is 5.81. The Kier molecular flexibility index (Phi) is 6.47. The Morgan fingerprint density at radius 3 is 2.28 bits per heavy atom. The van der Waals surface area contributed by atoms with Crippen LogP contribution in [0.15, 0.2) is 43.0 Å². The zero-order chi connectivity index (χ0) is 13.2. The molecule has 0 saturated heterocycles. The van der Waals surface area contributed by atoms with Crippen molar-refractivity contribution >= 4 is 11.8 Å². The molecule has 0 bridgehead atoms. The summed E-state index contributed by atoms with van der Waals surface area (Å²) in [6.45, 7) is 3.61. The van der Waals surface area contributed by atoms with Crippen molar-refractivity contribution in [1.29, 1.82) is 0 Å². The van der Waals surface area contributed by atoms with Gasteiger partial charge in [-0.25, -0.2) is 4.79 Å². The van der Waals surface area contributed by atoms with E-state index >= 15 is 0 Å². The lowest BCUT2D eigenvalue weighted by molar-refractivity contribution is -0.139. The van der Waals surface area contributed by atoms with Gasteiger partial charge < -0.3 is 4.74 Å². The van der Waals surface area contributed by atoms with E-state index < -0.39 is 0 Å². The molecule has 1 fully saturated rings. The van der Waals surface area contributed by atoms with E-state index in [4.69, 9.17) is 4.74 Å². The maximum atomic E-state index is 10.6. The molecule has 0 atom stereocenters. The van der Waals surface area contributed by atoms with Crippen LogP contribution >= 0.6 is 0 Å². The molecule has 0 radical (unpaired) electrons. The first-order valence-corrected chi connectivity index (χ1v) is 6.07. The number of ketones is 1. The van der Waals surface area contributed by atoms with Crippen LogP contribution in [-0.2, 0) is 20.9 Å². The third-order valence-corrected chi connectivity index (χ3v) is 2.55. The molecule has 1 aromatic rings. The molecule has 3 nitrogen and oxygen atoms in total. The molecular weight excluding hydrogens is 228 g/mol. The van der Waals surface area contributed by atoms with Crippen molar-refractivity contribution < 1.29 is 14.3 Å². The van der Waals surface area contributed by atoms with Gasteiger partial charge in [0.2, 0.25) is 0 Å². The molecule has 0 N–H and O–H groups in total. The fourth-order valence-electron chi connectivity index (χ4n) is 1.56. The second-order valence-electron chi connectivity index (χ2n) is 4.04. The molecule has 1 aliphatic carbocycles. The quantitative estimate of drug-likeness (QED) is 0.608. The van der Waals surface area contributed by atoms with Crippen molar-refractivity contribution in [3.05, 3.63) is 48.6 Å². The van der Waals surface area contributed by atoms with Gasteiger partial charge in [0.1, 0.15) is 12.4 Å². The molecule has 1 aliphatic rings. The van der Waals surface area contributed by atoms with Gasteiger partial charge in [-0.2, -0.15) is 0 Å². The number of hydrogen-bond donors (Lipinski definition) is 0. The van der Waals surface area contributed by atoms with Crippen LogP contribution in [-0.4, -0.2) is 11.8 Å². The standard InChI is InChI=1S/C10H10O2.C5H8O/c1-2-10(11)12-8-9-6-4-3-5-7-9;6-5-3-1-2-4-5/h2-7H,1,8H2;1-4H2. The maximum absolute atomic E-state index is 10.6. The molecule has 0 unspecified atom stereocenters. The summed E-state index contributed by atoms with van der Waals surface area (Å²) >= 11 is 0. The summed E-state index contributed by atoms with van der Waals surface area (Å²) in [5.74, 6) is 0.0638. The van der Waals surface area contributed by atoms with Crippen LogP contribution in [0.25, 0.3) is 0 Å². The number of hydrogen-bond acceptors (Lipinski definition) is 3. The van der Waals surface area contributed by atoms with Crippen LogP contribution in [0.4, 0.5) is 0 Å². The summed E-state index contributed by atoms with van der Waals surface area (Å²) in [5, 5.41) is 0. The van der Waals surface area contributed by atoms with Gasteiger partial charge in [0.15, 0.2) is 0 Å². The molecular formula is C15H18O3. The van der Waals surface area contributed by atoms with Gasteiger partial charge in [-0.3, -0.25) is 4.79 Å². The van der Waals surface area contributed by atoms with Gasteiger partial charge >= 0.3 is 5.97 Å². The van der Waals surface area contributed by atoms with Crippen LogP contribution in [0, 0.1) is 0 Å². The Balaban J connectivity index is 0.000000225. The number of ether oxygens (including phenoxy) is 1. The fraction of sp³-hybridized carbons (Fsp3) is 0.333. The minimum absolute atomic E-state index is 0.311. The van der Waals surface area contributed by atoms with Crippen LogP contribution < -0.4 is 0 Å². The van der Waals surface area contributed by atoms with Gasteiger partial charge in [0.25, 0.3) is 0 Å². The SMILES string of the molecule is C=CC(=O)OCc1ccccc1.O=C1CCCC1. The third kappa shape index (κ3) is 5.99. The molecule has 1 aromatic carbocycles. The molecule has 0 heterocycles. The monoisotopic (exact) mass is 246 g/mol. The molecule has 2 rings (SSSR count). The summed E-state index contributed by atoms with van der Waals surface area (Å²) in [4.78, 5) is 20.9. The molecule has 0 amide bonds. The Hall–Kier alpha value is -1.90. The number of carbonyl (C=O) groups excluding carboxylic acids is 2. The Labute approximate surface area is 107 Å². The molecule has 3 heteroatoms. The molecule has 1 saturated carbocycles. The lowest BCUT2D eigenvalue weighted by Gasteiger charge is -2.00. The Morgan fingerprint density at radius 2 is 1.83 bits per heavy atom. The molecule has 18 heavy (non-hydrogen) atoms. The predicted molar refractivity (Wildman–Crippen MR) is 69.9 cm³/mol. The summed E-state index contributed by atoms with van der Waals surface area (Å²) in [5.41, 5.74) is 0.979. The van der Waals surface area contributed by atoms with Gasteiger partial charge in [-0.1, -0.05) is 36.9 Å². The average molecular weight is 246 g/mol. The average Bonchev–Trinajstić information content (AvgIpc) is 2.89. The van der Waals surface area contributed by atoms with Gasteiger partial charge in [0, 0.05) is 18.9 Å². The van der Waals surface area contributed by atoms with E-state index in [2.05, 4.69) is 6.58 Å². The van der Waals surface area contributed by atoms with Crippen molar-refractivity contribution in [2.45, 2.75) is 32.3 Å². The zero-order valence-electron chi connectivity index (χ0n) is 10.4. The number of benzene rings is 1. The first-order chi connectivity index (χ1) is 8.72. The third-order valence-electron chi connectivity index (χ3n) is 2.55. The van der Waals surface area contributed by atoms with Crippen LogP contribution in [0.1, 0.15) is 31.2 Å². The van der Waals surface area contributed by atoms with E-state index in [-0.39, 0.29) is 5.97 Å². The summed E-state index contributed by atoms with van der Waals surface area (Å²) in [6.07, 6.45) is 5.13. The minimum Gasteiger partial charge on any atom is -0.458 e. The maximum Gasteiger partial charge on any atom is 0.330 e. The topological polar surface area (TPSA) is 43.4 Å². The highest BCUT2D eigenvalue weighted by Crippen LogP contribution is 2.11. The van der Waals surface area contributed by atoms with Gasteiger partial charge in [-0.15, -0.1) is 0 Å². The van der Waals surface area contributed by atoms with Crippen molar-refractivity contribution in [3.8, 4) is 0 Å². The number of rotatable bonds is 3. The lowest BCUT2D eigenvalue weighted by Crippen LogP contribution is -1.99. The second-order valence-corrected chi connectivity index (χ2v) is 4.04. The Bertz CT molecular complexity index is 387. The second kappa shape index (κ2) is 8.23. The van der Waals surface area contributed by atoms with E-state index in [0.29, 0.717) is 12.4 Å². The van der Waals surface area contributed by atoms with E-state index in [1.54, 1.807) is 0 Å². The smallest absolute Gasteiger partial charge is 0.330 e. The minimum atomic E-state index is -0.390.